The Balaban J connectivity index is 2.17. The fraction of sp³-hybridized carbons (Fsp3) is 0.471. The number of hydrogen-bond donors (Lipinski definition) is 2. The summed E-state index contributed by atoms with van der Waals surface area (Å²) in [6.45, 7) is 7.33. The summed E-state index contributed by atoms with van der Waals surface area (Å²) in [5, 5.41) is 10.2. The average Bonchev–Trinajstić information content (AvgIpc) is 3.24. The van der Waals surface area contributed by atoms with Gasteiger partial charge in [-0.3, -0.25) is 9.89 Å². The molecule has 0 aromatic carbocycles. The van der Waals surface area contributed by atoms with Crippen molar-refractivity contribution in [3.8, 4) is 0 Å². The number of thioether (sulfide) groups is 1. The Hall–Kier alpha value is -2.40. The molecule has 0 atom stereocenters. The molecule has 2 aromatic rings. The molecule has 2 N–H and O–H groups in total. The number of carbonyl (C=O) groups is 3. The van der Waals surface area contributed by atoms with E-state index in [0.717, 1.165) is 17.2 Å². The van der Waals surface area contributed by atoms with Crippen LogP contribution in [0.15, 0.2) is 5.16 Å². The molecule has 0 unspecified atom stereocenters. The van der Waals surface area contributed by atoms with Crippen LogP contribution in [-0.2, 0) is 20.7 Å². The number of anilines is 1. The zero-order valence-corrected chi connectivity index (χ0v) is 17.7. The Morgan fingerprint density at radius 1 is 1.14 bits per heavy atom. The van der Waals surface area contributed by atoms with Gasteiger partial charge in [-0.25, -0.2) is 14.6 Å². The van der Waals surface area contributed by atoms with Gasteiger partial charge in [0.2, 0.25) is 11.1 Å². The summed E-state index contributed by atoms with van der Waals surface area (Å²) in [6, 6.07) is 0. The molecule has 0 saturated carbocycles. The lowest BCUT2D eigenvalue weighted by Crippen LogP contribution is -2.16. The Morgan fingerprint density at radius 2 is 1.82 bits per heavy atom. The highest BCUT2D eigenvalue weighted by Gasteiger charge is 2.27. The van der Waals surface area contributed by atoms with Crippen LogP contribution in [0.5, 0.6) is 0 Å². The molecule has 0 aliphatic rings. The summed E-state index contributed by atoms with van der Waals surface area (Å²) in [6.07, 6.45) is 0.716. The van der Waals surface area contributed by atoms with E-state index in [4.69, 9.17) is 9.47 Å². The van der Waals surface area contributed by atoms with E-state index in [9.17, 15) is 14.4 Å². The summed E-state index contributed by atoms with van der Waals surface area (Å²) in [4.78, 5) is 41.3. The molecule has 0 saturated heterocycles. The summed E-state index contributed by atoms with van der Waals surface area (Å²) in [5.74, 6) is -0.709. The number of nitrogens with one attached hydrogen (secondary N) is 2. The summed E-state index contributed by atoms with van der Waals surface area (Å²) in [7, 11) is 0. The molecular formula is C17H22N4O5S2. The van der Waals surface area contributed by atoms with Gasteiger partial charge in [-0.1, -0.05) is 18.7 Å². The van der Waals surface area contributed by atoms with Crippen molar-refractivity contribution in [1.82, 2.24) is 15.2 Å². The fourth-order valence-electron chi connectivity index (χ4n) is 2.24. The van der Waals surface area contributed by atoms with Crippen molar-refractivity contribution >= 4 is 45.9 Å². The normalized spacial score (nSPS) is 10.6. The first-order valence-electron chi connectivity index (χ1n) is 8.72. The lowest BCUT2D eigenvalue weighted by molar-refractivity contribution is -0.113. The van der Waals surface area contributed by atoms with Gasteiger partial charge in [0.1, 0.15) is 15.7 Å². The van der Waals surface area contributed by atoms with Crippen molar-refractivity contribution < 1.29 is 23.9 Å². The molecule has 0 aliphatic heterocycles. The van der Waals surface area contributed by atoms with Crippen LogP contribution in [-0.4, -0.2) is 52.0 Å². The minimum absolute atomic E-state index is 0.0506. The SMILES string of the molecule is CCOC(=O)c1sc(NC(=O)CSc2n[nH]c(CC)n2)c(C(=O)OCC)c1C. The van der Waals surface area contributed by atoms with E-state index in [1.54, 1.807) is 20.8 Å². The second-order valence-corrected chi connectivity index (χ2v) is 7.42. The van der Waals surface area contributed by atoms with E-state index in [2.05, 4.69) is 20.5 Å². The number of rotatable bonds is 9. The third-order valence-electron chi connectivity index (χ3n) is 3.52. The largest absolute Gasteiger partial charge is 0.462 e. The van der Waals surface area contributed by atoms with Gasteiger partial charge in [0.15, 0.2) is 0 Å². The van der Waals surface area contributed by atoms with Gasteiger partial charge in [-0.2, -0.15) is 0 Å². The predicted octanol–water partition coefficient (Wildman–Crippen LogP) is 2.82. The number of aromatic amines is 1. The number of nitrogens with zero attached hydrogens (tertiary/aromatic N) is 2. The molecular weight excluding hydrogens is 404 g/mol. The molecule has 0 radical (unpaired) electrons. The van der Waals surface area contributed by atoms with Crippen molar-refractivity contribution in [2.24, 2.45) is 0 Å². The van der Waals surface area contributed by atoms with Crippen LogP contribution in [0.25, 0.3) is 0 Å². The molecule has 0 spiro atoms. The quantitative estimate of drug-likeness (QED) is 0.463. The van der Waals surface area contributed by atoms with Gasteiger partial charge < -0.3 is 14.8 Å². The second kappa shape index (κ2) is 10.2. The third kappa shape index (κ3) is 5.32. The number of aromatic nitrogens is 3. The van der Waals surface area contributed by atoms with Crippen molar-refractivity contribution in [2.75, 3.05) is 24.3 Å². The Bertz CT molecular complexity index is 862. The molecule has 28 heavy (non-hydrogen) atoms. The first kappa shape index (κ1) is 21.9. The highest BCUT2D eigenvalue weighted by molar-refractivity contribution is 7.99. The van der Waals surface area contributed by atoms with E-state index in [1.165, 1.54) is 11.8 Å². The minimum Gasteiger partial charge on any atom is -0.462 e. The number of thiophene rings is 1. The maximum absolute atomic E-state index is 12.4. The standard InChI is InChI=1S/C17H22N4O5S2/c1-5-10-18-17(21-20-10)27-8-11(22)19-14-12(15(23)25-6-2)9(4)13(28-14)16(24)26-7-3/h5-8H2,1-4H3,(H,19,22)(H,18,20,21). The molecule has 1 amide bonds. The average molecular weight is 427 g/mol. The first-order valence-corrected chi connectivity index (χ1v) is 10.5. The van der Waals surface area contributed by atoms with E-state index in [-0.39, 0.29) is 40.3 Å². The summed E-state index contributed by atoms with van der Waals surface area (Å²) in [5.41, 5.74) is 0.589. The van der Waals surface area contributed by atoms with Gasteiger partial charge in [-0.05, 0) is 26.3 Å². The van der Waals surface area contributed by atoms with Crippen LogP contribution >= 0.6 is 23.1 Å². The molecule has 0 fully saturated rings. The number of amides is 1. The van der Waals surface area contributed by atoms with Crippen molar-refractivity contribution in [1.29, 1.82) is 0 Å². The third-order valence-corrected chi connectivity index (χ3v) is 5.55. The summed E-state index contributed by atoms with van der Waals surface area (Å²) >= 11 is 2.16. The molecule has 0 aliphatic carbocycles. The van der Waals surface area contributed by atoms with Crippen LogP contribution in [0, 0.1) is 6.92 Å². The van der Waals surface area contributed by atoms with Crippen LogP contribution in [0.2, 0.25) is 0 Å². The monoisotopic (exact) mass is 426 g/mol. The highest BCUT2D eigenvalue weighted by atomic mass is 32.2. The zero-order valence-electron chi connectivity index (χ0n) is 16.1. The second-order valence-electron chi connectivity index (χ2n) is 5.46. The predicted molar refractivity (Wildman–Crippen MR) is 106 cm³/mol. The summed E-state index contributed by atoms with van der Waals surface area (Å²) < 4.78 is 10.1. The van der Waals surface area contributed by atoms with Crippen molar-refractivity contribution in [2.45, 2.75) is 39.3 Å². The van der Waals surface area contributed by atoms with Gasteiger partial charge in [0, 0.05) is 6.42 Å². The van der Waals surface area contributed by atoms with Crippen LogP contribution in [0.3, 0.4) is 0 Å². The number of esters is 2. The Kier molecular flexibility index (Phi) is 8.00. The number of ether oxygens (including phenoxy) is 2. The Labute approximate surface area is 170 Å². The van der Waals surface area contributed by atoms with E-state index in [0.29, 0.717) is 17.1 Å². The van der Waals surface area contributed by atoms with Crippen LogP contribution in [0.4, 0.5) is 5.00 Å². The number of hydrogen-bond acceptors (Lipinski definition) is 9. The fourth-order valence-corrected chi connectivity index (χ4v) is 3.96. The topological polar surface area (TPSA) is 123 Å². The maximum atomic E-state index is 12.4. The minimum atomic E-state index is -0.601. The van der Waals surface area contributed by atoms with Crippen molar-refractivity contribution in [3.63, 3.8) is 0 Å². The molecule has 0 bridgehead atoms. The van der Waals surface area contributed by atoms with Crippen LogP contribution < -0.4 is 5.32 Å². The maximum Gasteiger partial charge on any atom is 0.348 e. The van der Waals surface area contributed by atoms with Gasteiger partial charge >= 0.3 is 11.9 Å². The molecule has 2 rings (SSSR count). The smallest absolute Gasteiger partial charge is 0.348 e. The molecule has 2 aromatic heterocycles. The molecule has 2 heterocycles. The van der Waals surface area contributed by atoms with E-state index < -0.39 is 11.9 Å². The lowest BCUT2D eigenvalue weighted by Gasteiger charge is -2.06. The molecule has 152 valence electrons. The zero-order chi connectivity index (χ0) is 20.7. The van der Waals surface area contributed by atoms with Gasteiger partial charge in [-0.15, -0.1) is 16.4 Å². The number of aryl methyl sites for hydroxylation is 1. The molecule has 9 nitrogen and oxygen atoms in total. The Morgan fingerprint density at radius 3 is 2.43 bits per heavy atom. The van der Waals surface area contributed by atoms with E-state index in [1.807, 2.05) is 6.92 Å². The highest BCUT2D eigenvalue weighted by Crippen LogP contribution is 2.34. The van der Waals surface area contributed by atoms with E-state index >= 15 is 0 Å². The van der Waals surface area contributed by atoms with Crippen LogP contribution in [0.1, 0.15) is 52.2 Å². The number of carbonyl (C=O) groups excluding carboxylic acids is 3. The van der Waals surface area contributed by atoms with Gasteiger partial charge in [0.05, 0.1) is 24.5 Å². The number of H-pyrrole nitrogens is 1. The first-order chi connectivity index (χ1) is 13.4. The van der Waals surface area contributed by atoms with Gasteiger partial charge in [0.25, 0.3) is 0 Å². The van der Waals surface area contributed by atoms with Crippen molar-refractivity contribution in [3.05, 3.63) is 21.8 Å². The lowest BCUT2D eigenvalue weighted by atomic mass is 10.1. The molecule has 11 heteroatoms.